The second-order valence-electron chi connectivity index (χ2n) is 6.56. The van der Waals surface area contributed by atoms with E-state index in [1.807, 2.05) is 0 Å². The summed E-state index contributed by atoms with van der Waals surface area (Å²) >= 11 is 1.54. The van der Waals surface area contributed by atoms with Gasteiger partial charge in [0.1, 0.15) is 18.3 Å². The lowest BCUT2D eigenvalue weighted by atomic mass is 10.0. The van der Waals surface area contributed by atoms with Crippen LogP contribution in [0.25, 0.3) is 0 Å². The highest BCUT2D eigenvalue weighted by molar-refractivity contribution is 7.99. The smallest absolute Gasteiger partial charge is 0.111 e. The fourth-order valence-corrected chi connectivity index (χ4v) is 3.57. The first-order valence-electron chi connectivity index (χ1n) is 9.45. The van der Waals surface area contributed by atoms with E-state index in [0.717, 1.165) is 12.2 Å². The summed E-state index contributed by atoms with van der Waals surface area (Å²) in [6.45, 7) is 1.59. The van der Waals surface area contributed by atoms with Crippen LogP contribution in [0.4, 0.5) is 0 Å². The molecule has 0 amide bonds. The highest BCUT2D eigenvalue weighted by atomic mass is 32.2. The predicted molar refractivity (Wildman–Crippen MR) is 100 cm³/mol. The summed E-state index contributed by atoms with van der Waals surface area (Å²) in [6.07, 6.45) is 7.38. The van der Waals surface area contributed by atoms with Gasteiger partial charge >= 0.3 is 0 Å². The van der Waals surface area contributed by atoms with Gasteiger partial charge in [-0.3, -0.25) is 0 Å². The fourth-order valence-electron chi connectivity index (χ4n) is 2.56. The van der Waals surface area contributed by atoms with E-state index in [0.29, 0.717) is 5.75 Å². The van der Waals surface area contributed by atoms with E-state index >= 15 is 0 Å². The lowest BCUT2D eigenvalue weighted by molar-refractivity contribution is -0.109. The zero-order chi connectivity index (χ0) is 18.2. The second kappa shape index (κ2) is 16.6. The van der Waals surface area contributed by atoms with Crippen LogP contribution in [-0.4, -0.2) is 68.1 Å². The maximum atomic E-state index is 9.77. The van der Waals surface area contributed by atoms with E-state index in [2.05, 4.69) is 6.92 Å². The Hall–Kier alpha value is 0.150. The van der Waals surface area contributed by atoms with Crippen LogP contribution in [0.3, 0.4) is 0 Å². The van der Waals surface area contributed by atoms with Gasteiger partial charge in [-0.2, -0.15) is 11.8 Å². The molecule has 0 aliphatic rings. The Morgan fingerprint density at radius 3 is 1.62 bits per heavy atom. The van der Waals surface area contributed by atoms with Crippen LogP contribution in [-0.2, 0) is 0 Å². The summed E-state index contributed by atoms with van der Waals surface area (Å²) in [6, 6.07) is 0. The molecule has 5 N–H and O–H groups in total. The maximum absolute atomic E-state index is 9.77. The van der Waals surface area contributed by atoms with Gasteiger partial charge in [0.25, 0.3) is 0 Å². The third-order valence-electron chi connectivity index (χ3n) is 4.26. The van der Waals surface area contributed by atoms with Gasteiger partial charge in [0.2, 0.25) is 0 Å². The standard InChI is InChI=1S/C18H38O5S/c1-2-3-4-5-6-7-8-9-10-11-12-24-14-16(21)18(23)17(22)15(20)13-19/h15-23H,2-14H2,1H3/t15-,16+,17-,18-/m1/s1. The highest BCUT2D eigenvalue weighted by Crippen LogP contribution is 2.15. The van der Waals surface area contributed by atoms with E-state index in [9.17, 15) is 20.4 Å². The van der Waals surface area contributed by atoms with Gasteiger partial charge in [-0.1, -0.05) is 64.7 Å². The average molecular weight is 367 g/mol. The summed E-state index contributed by atoms with van der Waals surface area (Å²) in [5.41, 5.74) is 0. The summed E-state index contributed by atoms with van der Waals surface area (Å²) < 4.78 is 0. The number of rotatable bonds is 17. The molecular weight excluding hydrogens is 328 g/mol. The first-order valence-corrected chi connectivity index (χ1v) is 10.6. The molecule has 0 aliphatic heterocycles. The Kier molecular flexibility index (Phi) is 16.7. The van der Waals surface area contributed by atoms with E-state index in [1.54, 1.807) is 0 Å². The molecule has 146 valence electrons. The number of thioether (sulfide) groups is 1. The van der Waals surface area contributed by atoms with E-state index in [4.69, 9.17) is 5.11 Å². The zero-order valence-electron chi connectivity index (χ0n) is 15.1. The van der Waals surface area contributed by atoms with Crippen molar-refractivity contribution in [2.24, 2.45) is 0 Å². The van der Waals surface area contributed by atoms with Crippen molar-refractivity contribution in [1.82, 2.24) is 0 Å². The van der Waals surface area contributed by atoms with Crippen LogP contribution in [0.15, 0.2) is 0 Å². The van der Waals surface area contributed by atoms with Gasteiger partial charge in [0.15, 0.2) is 0 Å². The molecule has 0 aromatic heterocycles. The molecule has 0 rings (SSSR count). The van der Waals surface area contributed by atoms with Gasteiger partial charge in [0.05, 0.1) is 12.7 Å². The van der Waals surface area contributed by atoms with Crippen molar-refractivity contribution < 1.29 is 25.5 Å². The molecule has 0 saturated heterocycles. The maximum Gasteiger partial charge on any atom is 0.111 e. The Morgan fingerprint density at radius 1 is 0.667 bits per heavy atom. The molecule has 0 aromatic carbocycles. The van der Waals surface area contributed by atoms with Crippen LogP contribution in [0, 0.1) is 0 Å². The molecule has 0 bridgehead atoms. The Labute approximate surface area is 151 Å². The van der Waals surface area contributed by atoms with Gasteiger partial charge in [-0.25, -0.2) is 0 Å². The Bertz CT molecular complexity index is 268. The largest absolute Gasteiger partial charge is 0.394 e. The minimum atomic E-state index is -1.53. The third kappa shape index (κ3) is 12.5. The summed E-state index contributed by atoms with van der Waals surface area (Å²) in [5.74, 6) is 1.23. The van der Waals surface area contributed by atoms with Crippen molar-refractivity contribution in [2.75, 3.05) is 18.1 Å². The normalized spacial score (nSPS) is 16.8. The average Bonchev–Trinajstić information content (AvgIpc) is 2.60. The van der Waals surface area contributed by atoms with Gasteiger partial charge in [-0.15, -0.1) is 0 Å². The third-order valence-corrected chi connectivity index (χ3v) is 5.41. The molecule has 4 atom stereocenters. The topological polar surface area (TPSA) is 101 Å². The number of aliphatic hydroxyl groups excluding tert-OH is 5. The van der Waals surface area contributed by atoms with Crippen molar-refractivity contribution in [1.29, 1.82) is 0 Å². The number of hydrogen-bond donors (Lipinski definition) is 5. The number of unbranched alkanes of at least 4 members (excludes halogenated alkanes) is 9. The summed E-state index contributed by atoms with van der Waals surface area (Å²) in [5, 5.41) is 46.9. The highest BCUT2D eigenvalue weighted by Gasteiger charge is 2.29. The molecule has 0 fully saturated rings. The molecule has 0 saturated carbocycles. The van der Waals surface area contributed by atoms with E-state index < -0.39 is 31.0 Å². The molecule has 0 unspecified atom stereocenters. The van der Waals surface area contributed by atoms with E-state index in [1.165, 1.54) is 69.5 Å². The van der Waals surface area contributed by atoms with E-state index in [-0.39, 0.29) is 0 Å². The van der Waals surface area contributed by atoms with Gasteiger partial charge in [-0.05, 0) is 12.2 Å². The van der Waals surface area contributed by atoms with Crippen molar-refractivity contribution in [2.45, 2.75) is 95.5 Å². The van der Waals surface area contributed by atoms with Crippen LogP contribution in [0.5, 0.6) is 0 Å². The van der Waals surface area contributed by atoms with Crippen LogP contribution in [0.2, 0.25) is 0 Å². The lowest BCUT2D eigenvalue weighted by Gasteiger charge is -2.25. The lowest BCUT2D eigenvalue weighted by Crippen LogP contribution is -2.46. The van der Waals surface area contributed by atoms with Crippen molar-refractivity contribution in [3.8, 4) is 0 Å². The zero-order valence-corrected chi connectivity index (χ0v) is 16.0. The molecule has 6 heteroatoms. The fraction of sp³-hybridized carbons (Fsp3) is 1.00. The second-order valence-corrected chi connectivity index (χ2v) is 7.71. The molecule has 0 heterocycles. The Balaban J connectivity index is 3.43. The molecule has 24 heavy (non-hydrogen) atoms. The molecule has 0 aromatic rings. The van der Waals surface area contributed by atoms with Crippen molar-refractivity contribution >= 4 is 11.8 Å². The van der Waals surface area contributed by atoms with Crippen molar-refractivity contribution in [3.63, 3.8) is 0 Å². The predicted octanol–water partition coefficient (Wildman–Crippen LogP) is 2.08. The number of aliphatic hydroxyl groups is 5. The molecule has 0 spiro atoms. The molecular formula is C18H38O5S. The van der Waals surface area contributed by atoms with Crippen LogP contribution >= 0.6 is 11.8 Å². The molecule has 0 aliphatic carbocycles. The van der Waals surface area contributed by atoms with Gasteiger partial charge in [0, 0.05) is 5.75 Å². The van der Waals surface area contributed by atoms with Gasteiger partial charge < -0.3 is 25.5 Å². The minimum absolute atomic E-state index is 0.313. The summed E-state index contributed by atoms with van der Waals surface area (Å²) in [7, 11) is 0. The molecule has 5 nitrogen and oxygen atoms in total. The van der Waals surface area contributed by atoms with Crippen LogP contribution < -0.4 is 0 Å². The quantitative estimate of drug-likeness (QED) is 0.253. The monoisotopic (exact) mass is 366 g/mol. The summed E-state index contributed by atoms with van der Waals surface area (Å²) in [4.78, 5) is 0. The first kappa shape index (κ1) is 24.1. The van der Waals surface area contributed by atoms with Crippen molar-refractivity contribution in [3.05, 3.63) is 0 Å². The number of hydrogen-bond acceptors (Lipinski definition) is 6. The minimum Gasteiger partial charge on any atom is -0.394 e. The SMILES string of the molecule is CCCCCCCCCCCCSC[C@H](O)[C@@H](O)[C@H](O)[C@H](O)CO. The molecule has 0 radical (unpaired) electrons. The Morgan fingerprint density at radius 2 is 1.12 bits per heavy atom. The van der Waals surface area contributed by atoms with Crippen LogP contribution in [0.1, 0.15) is 71.1 Å². The first-order chi connectivity index (χ1) is 11.5.